The number of hydrogen-bond donors (Lipinski definition) is 1. The first-order valence-electron chi connectivity index (χ1n) is 4.57. The summed E-state index contributed by atoms with van der Waals surface area (Å²) in [4.78, 5) is 4.04. The van der Waals surface area contributed by atoms with Crippen molar-refractivity contribution < 1.29 is 4.74 Å². The summed E-state index contributed by atoms with van der Waals surface area (Å²) in [6.45, 7) is 1.86. The van der Waals surface area contributed by atoms with Crippen LogP contribution in [-0.2, 0) is 4.74 Å². The van der Waals surface area contributed by atoms with E-state index in [9.17, 15) is 0 Å². The van der Waals surface area contributed by atoms with Crippen LogP contribution in [0.5, 0.6) is 0 Å². The van der Waals surface area contributed by atoms with E-state index in [1.807, 2.05) is 0 Å². The zero-order valence-corrected chi connectivity index (χ0v) is 8.22. The zero-order valence-electron chi connectivity index (χ0n) is 7.40. The van der Waals surface area contributed by atoms with Gasteiger partial charge in [-0.3, -0.25) is 0 Å². The van der Waals surface area contributed by atoms with Crippen molar-refractivity contribution in [2.24, 2.45) is 0 Å². The van der Waals surface area contributed by atoms with Gasteiger partial charge in [-0.15, -0.1) is 0 Å². The number of nitrogens with zero attached hydrogens (tertiary/aromatic N) is 2. The second-order valence-electron chi connectivity index (χ2n) is 3.10. The van der Waals surface area contributed by atoms with E-state index < -0.39 is 0 Å². The van der Waals surface area contributed by atoms with Gasteiger partial charge < -0.3 is 10.1 Å². The molecule has 1 atom stereocenters. The Morgan fingerprint density at radius 1 is 1.69 bits per heavy atom. The number of nitrogens with one attached hydrogen (secondary N) is 1. The van der Waals surface area contributed by atoms with Crippen LogP contribution in [-0.4, -0.2) is 28.6 Å². The van der Waals surface area contributed by atoms with Gasteiger partial charge in [0.1, 0.15) is 6.33 Å². The monoisotopic (exact) mass is 199 g/mol. The van der Waals surface area contributed by atoms with Crippen LogP contribution >= 0.6 is 11.5 Å². The molecule has 0 spiro atoms. The van der Waals surface area contributed by atoms with Crippen molar-refractivity contribution in [1.82, 2.24) is 9.36 Å². The van der Waals surface area contributed by atoms with E-state index in [2.05, 4.69) is 14.7 Å². The summed E-state index contributed by atoms with van der Waals surface area (Å²) in [5.41, 5.74) is 0. The van der Waals surface area contributed by atoms with Crippen molar-refractivity contribution >= 4 is 16.7 Å². The fraction of sp³-hybridized carbons (Fsp3) is 0.750. The summed E-state index contributed by atoms with van der Waals surface area (Å²) in [6.07, 6.45) is 5.51. The van der Waals surface area contributed by atoms with Gasteiger partial charge in [0.05, 0.1) is 6.10 Å². The number of rotatable bonds is 4. The lowest BCUT2D eigenvalue weighted by molar-refractivity contribution is 0.107. The molecule has 1 aromatic heterocycles. The fourth-order valence-corrected chi connectivity index (χ4v) is 1.92. The summed E-state index contributed by atoms with van der Waals surface area (Å²) in [7, 11) is 0. The molecule has 0 bridgehead atoms. The molecule has 1 fully saturated rings. The van der Waals surface area contributed by atoms with Gasteiger partial charge in [0.2, 0.25) is 5.13 Å². The smallest absolute Gasteiger partial charge is 0.202 e. The van der Waals surface area contributed by atoms with E-state index in [1.165, 1.54) is 24.4 Å². The van der Waals surface area contributed by atoms with E-state index in [4.69, 9.17) is 4.74 Å². The van der Waals surface area contributed by atoms with Crippen LogP contribution in [0.2, 0.25) is 0 Å². The molecule has 2 heterocycles. The molecular weight excluding hydrogens is 186 g/mol. The minimum absolute atomic E-state index is 0.459. The number of ether oxygens (including phenoxy) is 1. The molecule has 13 heavy (non-hydrogen) atoms. The summed E-state index contributed by atoms with van der Waals surface area (Å²) in [5.74, 6) is 0. The lowest BCUT2D eigenvalue weighted by atomic mass is 10.2. The highest BCUT2D eigenvalue weighted by Crippen LogP contribution is 2.15. The Bertz CT molecular complexity index is 234. The molecule has 0 aliphatic carbocycles. The second kappa shape index (κ2) is 4.53. The first-order chi connectivity index (χ1) is 6.45. The molecule has 1 saturated heterocycles. The number of aromatic nitrogens is 2. The average molecular weight is 199 g/mol. The van der Waals surface area contributed by atoms with Crippen molar-refractivity contribution in [3.05, 3.63) is 6.33 Å². The maximum Gasteiger partial charge on any atom is 0.202 e. The van der Waals surface area contributed by atoms with Gasteiger partial charge in [0, 0.05) is 24.7 Å². The van der Waals surface area contributed by atoms with Crippen LogP contribution < -0.4 is 5.32 Å². The predicted molar refractivity (Wildman–Crippen MR) is 52.0 cm³/mol. The third-order valence-electron chi connectivity index (χ3n) is 2.13. The summed E-state index contributed by atoms with van der Waals surface area (Å²) < 4.78 is 9.41. The molecule has 0 aromatic carbocycles. The minimum Gasteiger partial charge on any atom is -0.378 e. The zero-order chi connectivity index (χ0) is 8.93. The lowest BCUT2D eigenvalue weighted by Crippen LogP contribution is -2.12. The van der Waals surface area contributed by atoms with Gasteiger partial charge in [0.25, 0.3) is 0 Å². The largest absolute Gasteiger partial charge is 0.378 e. The summed E-state index contributed by atoms with van der Waals surface area (Å²) >= 11 is 1.39. The maximum absolute atomic E-state index is 5.50. The van der Waals surface area contributed by atoms with Crippen LogP contribution in [0.15, 0.2) is 6.33 Å². The van der Waals surface area contributed by atoms with E-state index in [0.29, 0.717) is 6.10 Å². The Hall–Kier alpha value is -0.680. The average Bonchev–Trinajstić information content (AvgIpc) is 2.75. The first-order valence-corrected chi connectivity index (χ1v) is 5.34. The standard InChI is InChI=1S/C8H13N3OS/c1-2-7(12-5-1)3-4-9-8-10-6-11-13-8/h6-7H,1-5H2,(H,9,10,11). The Balaban J connectivity index is 1.63. The summed E-state index contributed by atoms with van der Waals surface area (Å²) in [5, 5.41) is 4.12. The predicted octanol–water partition coefficient (Wildman–Crippen LogP) is 1.52. The molecule has 4 nitrogen and oxygen atoms in total. The molecule has 72 valence electrons. The van der Waals surface area contributed by atoms with Crippen LogP contribution in [0.1, 0.15) is 19.3 Å². The van der Waals surface area contributed by atoms with Crippen molar-refractivity contribution in [2.45, 2.75) is 25.4 Å². The highest BCUT2D eigenvalue weighted by atomic mass is 32.1. The number of hydrogen-bond acceptors (Lipinski definition) is 5. The van der Waals surface area contributed by atoms with Crippen LogP contribution in [0, 0.1) is 0 Å². The van der Waals surface area contributed by atoms with Gasteiger partial charge >= 0.3 is 0 Å². The summed E-state index contributed by atoms with van der Waals surface area (Å²) in [6, 6.07) is 0. The van der Waals surface area contributed by atoms with Crippen molar-refractivity contribution in [3.8, 4) is 0 Å². The fourth-order valence-electron chi connectivity index (χ4n) is 1.46. The third kappa shape index (κ3) is 2.63. The van der Waals surface area contributed by atoms with E-state index >= 15 is 0 Å². The quantitative estimate of drug-likeness (QED) is 0.798. The van der Waals surface area contributed by atoms with Gasteiger partial charge in [-0.25, -0.2) is 4.98 Å². The molecule has 1 unspecified atom stereocenters. The highest BCUT2D eigenvalue weighted by Gasteiger charge is 2.14. The topological polar surface area (TPSA) is 47.0 Å². The van der Waals surface area contributed by atoms with Crippen molar-refractivity contribution in [3.63, 3.8) is 0 Å². The SMILES string of the molecule is c1nsc(NCCC2CCCO2)n1. The van der Waals surface area contributed by atoms with E-state index in [-0.39, 0.29) is 0 Å². The Labute approximate surface area is 81.5 Å². The van der Waals surface area contributed by atoms with Gasteiger partial charge in [-0.2, -0.15) is 4.37 Å². The first kappa shape index (κ1) is 8.90. The van der Waals surface area contributed by atoms with Gasteiger partial charge in [-0.1, -0.05) is 0 Å². The molecule has 1 aliphatic heterocycles. The maximum atomic E-state index is 5.50. The van der Waals surface area contributed by atoms with Crippen molar-refractivity contribution in [1.29, 1.82) is 0 Å². The normalized spacial score (nSPS) is 22.0. The van der Waals surface area contributed by atoms with Gasteiger partial charge in [0.15, 0.2) is 0 Å². The van der Waals surface area contributed by atoms with Gasteiger partial charge in [-0.05, 0) is 19.3 Å². The Morgan fingerprint density at radius 2 is 2.69 bits per heavy atom. The number of anilines is 1. The lowest BCUT2D eigenvalue weighted by Gasteiger charge is -2.08. The molecule has 5 heteroatoms. The van der Waals surface area contributed by atoms with Crippen LogP contribution in [0.25, 0.3) is 0 Å². The third-order valence-corrected chi connectivity index (χ3v) is 2.75. The Morgan fingerprint density at radius 3 is 3.38 bits per heavy atom. The van der Waals surface area contributed by atoms with Crippen LogP contribution in [0.3, 0.4) is 0 Å². The second-order valence-corrected chi connectivity index (χ2v) is 3.88. The van der Waals surface area contributed by atoms with E-state index in [0.717, 1.165) is 24.7 Å². The van der Waals surface area contributed by atoms with E-state index in [1.54, 1.807) is 6.33 Å². The molecule has 0 radical (unpaired) electrons. The molecule has 1 aliphatic rings. The minimum atomic E-state index is 0.459. The van der Waals surface area contributed by atoms with Crippen molar-refractivity contribution in [2.75, 3.05) is 18.5 Å². The molecule has 1 aromatic rings. The molecule has 2 rings (SSSR count). The molecule has 1 N–H and O–H groups in total. The highest BCUT2D eigenvalue weighted by molar-refractivity contribution is 7.09. The molecule has 0 amide bonds. The van der Waals surface area contributed by atoms with Crippen LogP contribution in [0.4, 0.5) is 5.13 Å². The Kier molecular flexibility index (Phi) is 3.10. The molecular formula is C8H13N3OS. The molecule has 0 saturated carbocycles.